The smallest absolute Gasteiger partial charge is 0.264 e. The number of hydrogen-bond acceptors (Lipinski definition) is 4. The zero-order valence-corrected chi connectivity index (χ0v) is 20.4. The van der Waals surface area contributed by atoms with E-state index in [-0.39, 0.29) is 4.90 Å². The Hall–Kier alpha value is -3.45. The Morgan fingerprint density at radius 1 is 0.848 bits per heavy atom. The van der Waals surface area contributed by atoms with Crippen LogP contribution in [0, 0.1) is 27.7 Å². The molecule has 3 aromatic rings. The predicted octanol–water partition coefficient (Wildman–Crippen LogP) is 4.66. The highest BCUT2D eigenvalue weighted by atomic mass is 32.2. The third-order valence-electron chi connectivity index (χ3n) is 5.49. The van der Waals surface area contributed by atoms with Gasteiger partial charge in [0.15, 0.2) is 0 Å². The lowest BCUT2D eigenvalue weighted by atomic mass is 10.1. The van der Waals surface area contributed by atoms with Gasteiger partial charge in [0.25, 0.3) is 15.9 Å². The molecule has 3 aromatic carbocycles. The first kappa shape index (κ1) is 24.2. The van der Waals surface area contributed by atoms with Crippen LogP contribution in [0.5, 0.6) is 0 Å². The molecule has 0 radical (unpaired) electrons. The second-order valence-corrected chi connectivity index (χ2v) is 10.1. The molecule has 0 heterocycles. The van der Waals surface area contributed by atoms with E-state index in [1.54, 1.807) is 43.3 Å². The summed E-state index contributed by atoms with van der Waals surface area (Å²) in [5, 5.41) is 4.16. The van der Waals surface area contributed by atoms with Crippen molar-refractivity contribution in [3.63, 3.8) is 0 Å². The van der Waals surface area contributed by atoms with Gasteiger partial charge in [-0.1, -0.05) is 53.6 Å². The van der Waals surface area contributed by atoms with Gasteiger partial charge in [-0.15, -0.1) is 0 Å². The average molecular weight is 464 g/mol. The van der Waals surface area contributed by atoms with Gasteiger partial charge in [-0.2, -0.15) is 5.10 Å². The van der Waals surface area contributed by atoms with Gasteiger partial charge in [0, 0.05) is 0 Å². The predicted molar refractivity (Wildman–Crippen MR) is 133 cm³/mol. The Labute approximate surface area is 196 Å². The van der Waals surface area contributed by atoms with Crippen LogP contribution in [0.3, 0.4) is 0 Å². The fourth-order valence-electron chi connectivity index (χ4n) is 3.20. The van der Waals surface area contributed by atoms with E-state index >= 15 is 0 Å². The second-order valence-electron chi connectivity index (χ2n) is 8.19. The van der Waals surface area contributed by atoms with Crippen LogP contribution in [0.1, 0.15) is 34.7 Å². The number of anilines is 1. The summed E-state index contributed by atoms with van der Waals surface area (Å²) >= 11 is 0. The lowest BCUT2D eigenvalue weighted by molar-refractivity contribution is -0.119. The van der Waals surface area contributed by atoms with Gasteiger partial charge in [-0.3, -0.25) is 9.10 Å². The Balaban J connectivity index is 1.90. The van der Waals surface area contributed by atoms with Crippen molar-refractivity contribution in [3.05, 3.63) is 94.5 Å². The van der Waals surface area contributed by atoms with Gasteiger partial charge < -0.3 is 0 Å². The van der Waals surface area contributed by atoms with Crippen LogP contribution in [0.2, 0.25) is 0 Å². The number of carbonyl (C=O) groups excluding carboxylic acids is 1. The molecular formula is C26H29N3O3S. The van der Waals surface area contributed by atoms with Crippen molar-refractivity contribution >= 4 is 27.3 Å². The molecule has 0 atom stereocenters. The summed E-state index contributed by atoms with van der Waals surface area (Å²) in [6, 6.07) is 19.7. The van der Waals surface area contributed by atoms with Crippen LogP contribution < -0.4 is 9.73 Å². The van der Waals surface area contributed by atoms with Crippen molar-refractivity contribution in [3.8, 4) is 0 Å². The minimum Gasteiger partial charge on any atom is -0.271 e. The minimum absolute atomic E-state index is 0.124. The van der Waals surface area contributed by atoms with E-state index in [2.05, 4.69) is 10.5 Å². The van der Waals surface area contributed by atoms with Gasteiger partial charge in [0.2, 0.25) is 0 Å². The Morgan fingerprint density at radius 2 is 1.42 bits per heavy atom. The van der Waals surface area contributed by atoms with Crippen molar-refractivity contribution in [2.24, 2.45) is 5.10 Å². The van der Waals surface area contributed by atoms with Crippen LogP contribution in [-0.2, 0) is 14.8 Å². The molecule has 0 aliphatic heterocycles. The molecule has 0 bridgehead atoms. The van der Waals surface area contributed by atoms with Gasteiger partial charge in [-0.05, 0) is 75.6 Å². The molecule has 0 aromatic heterocycles. The molecule has 0 aliphatic carbocycles. The van der Waals surface area contributed by atoms with Gasteiger partial charge in [0.1, 0.15) is 6.54 Å². The standard InChI is InChI=1S/C26H29N3O3S/c1-18-6-11-23(12-7-18)22(5)27-28-26(30)17-29(24-13-10-20(3)21(4)16-24)33(31,32)25-14-8-19(2)9-15-25/h6-16H,17H2,1-5H3,(H,28,30)/b27-22-. The first-order valence-corrected chi connectivity index (χ1v) is 12.1. The summed E-state index contributed by atoms with van der Waals surface area (Å²) in [6.07, 6.45) is 0. The molecule has 0 saturated heterocycles. The number of benzene rings is 3. The Kier molecular flexibility index (Phi) is 7.33. The highest BCUT2D eigenvalue weighted by Gasteiger charge is 2.27. The molecule has 0 unspecified atom stereocenters. The summed E-state index contributed by atoms with van der Waals surface area (Å²) in [7, 11) is -3.97. The van der Waals surface area contributed by atoms with Crippen LogP contribution >= 0.6 is 0 Å². The summed E-state index contributed by atoms with van der Waals surface area (Å²) in [5.41, 5.74) is 8.47. The number of rotatable bonds is 7. The van der Waals surface area contributed by atoms with Gasteiger partial charge in [-0.25, -0.2) is 13.8 Å². The highest BCUT2D eigenvalue weighted by Crippen LogP contribution is 2.26. The molecule has 6 nitrogen and oxygen atoms in total. The van der Waals surface area contributed by atoms with E-state index in [1.807, 2.05) is 58.0 Å². The fourth-order valence-corrected chi connectivity index (χ4v) is 4.62. The van der Waals surface area contributed by atoms with E-state index in [0.29, 0.717) is 11.4 Å². The quantitative estimate of drug-likeness (QED) is 0.409. The maximum absolute atomic E-state index is 13.5. The molecule has 0 spiro atoms. The van der Waals surface area contributed by atoms with E-state index in [4.69, 9.17) is 0 Å². The van der Waals surface area contributed by atoms with E-state index in [9.17, 15) is 13.2 Å². The third-order valence-corrected chi connectivity index (χ3v) is 7.28. The van der Waals surface area contributed by atoms with Gasteiger partial charge in [0.05, 0.1) is 16.3 Å². The van der Waals surface area contributed by atoms with Crippen molar-refractivity contribution in [1.29, 1.82) is 0 Å². The molecule has 1 N–H and O–H groups in total. The van der Waals surface area contributed by atoms with Gasteiger partial charge >= 0.3 is 0 Å². The van der Waals surface area contributed by atoms with Crippen molar-refractivity contribution in [2.45, 2.75) is 39.5 Å². The monoisotopic (exact) mass is 463 g/mol. The Bertz CT molecular complexity index is 1280. The number of nitrogens with zero attached hydrogens (tertiary/aromatic N) is 2. The highest BCUT2D eigenvalue weighted by molar-refractivity contribution is 7.92. The molecule has 0 fully saturated rings. The zero-order chi connectivity index (χ0) is 24.2. The lowest BCUT2D eigenvalue weighted by Crippen LogP contribution is -2.39. The van der Waals surface area contributed by atoms with E-state index in [0.717, 1.165) is 32.1 Å². The third kappa shape index (κ3) is 5.87. The molecule has 1 amide bonds. The van der Waals surface area contributed by atoms with E-state index < -0.39 is 22.5 Å². The molecule has 172 valence electrons. The van der Waals surface area contributed by atoms with Crippen molar-refractivity contribution in [1.82, 2.24) is 5.43 Å². The molecule has 0 aliphatic rings. The van der Waals surface area contributed by atoms with Crippen molar-refractivity contribution in [2.75, 3.05) is 10.8 Å². The number of amides is 1. The molecular weight excluding hydrogens is 434 g/mol. The zero-order valence-electron chi connectivity index (χ0n) is 19.6. The largest absolute Gasteiger partial charge is 0.271 e. The average Bonchev–Trinajstić information content (AvgIpc) is 2.78. The number of aryl methyl sites for hydroxylation is 4. The van der Waals surface area contributed by atoms with Crippen LogP contribution in [0.4, 0.5) is 5.69 Å². The number of hydrazone groups is 1. The number of nitrogens with one attached hydrogen (secondary N) is 1. The second kappa shape index (κ2) is 10.0. The topological polar surface area (TPSA) is 78.8 Å². The first-order chi connectivity index (χ1) is 15.6. The SMILES string of the molecule is C/C(=N/NC(=O)CN(c1ccc(C)c(C)c1)S(=O)(=O)c1ccc(C)cc1)c1ccc(C)cc1. The maximum atomic E-state index is 13.5. The molecule has 33 heavy (non-hydrogen) atoms. The van der Waals surface area contributed by atoms with Crippen LogP contribution in [-0.4, -0.2) is 26.6 Å². The lowest BCUT2D eigenvalue weighted by Gasteiger charge is -2.24. The van der Waals surface area contributed by atoms with Crippen molar-refractivity contribution < 1.29 is 13.2 Å². The Morgan fingerprint density at radius 3 is 2.00 bits per heavy atom. The summed E-state index contributed by atoms with van der Waals surface area (Å²) in [6.45, 7) is 9.13. The minimum atomic E-state index is -3.97. The molecule has 3 rings (SSSR count). The van der Waals surface area contributed by atoms with Crippen LogP contribution in [0.25, 0.3) is 0 Å². The molecule has 0 saturated carbocycles. The van der Waals surface area contributed by atoms with E-state index in [1.165, 1.54) is 0 Å². The maximum Gasteiger partial charge on any atom is 0.264 e. The fraction of sp³-hybridized carbons (Fsp3) is 0.231. The molecule has 7 heteroatoms. The summed E-state index contributed by atoms with van der Waals surface area (Å²) < 4.78 is 28.1. The normalized spacial score (nSPS) is 11.8. The number of carbonyl (C=O) groups is 1. The summed E-state index contributed by atoms with van der Waals surface area (Å²) in [5.74, 6) is -0.532. The number of hydrogen-bond donors (Lipinski definition) is 1. The number of sulfonamides is 1. The van der Waals surface area contributed by atoms with Crippen LogP contribution in [0.15, 0.2) is 76.7 Å². The summed E-state index contributed by atoms with van der Waals surface area (Å²) in [4.78, 5) is 12.9. The first-order valence-electron chi connectivity index (χ1n) is 10.6.